The van der Waals surface area contributed by atoms with Gasteiger partial charge in [-0.15, -0.1) is 0 Å². The number of benzene rings is 2. The lowest BCUT2D eigenvalue weighted by Crippen LogP contribution is -3.10. The SMILES string of the molecule is O=C(c1ccc(Br)cc1)N1CC[NH+](c2ccc(O)cc2)CC1. The van der Waals surface area contributed by atoms with Crippen LogP contribution < -0.4 is 4.90 Å². The van der Waals surface area contributed by atoms with Gasteiger partial charge >= 0.3 is 0 Å². The summed E-state index contributed by atoms with van der Waals surface area (Å²) in [6.45, 7) is 3.25. The average Bonchev–Trinajstić information content (AvgIpc) is 2.56. The third-order valence-electron chi connectivity index (χ3n) is 4.02. The number of hydrogen-bond donors (Lipinski definition) is 2. The lowest BCUT2D eigenvalue weighted by Gasteiger charge is -2.32. The van der Waals surface area contributed by atoms with Gasteiger partial charge in [-0.1, -0.05) is 15.9 Å². The molecule has 0 bridgehead atoms. The van der Waals surface area contributed by atoms with Crippen LogP contribution in [0.4, 0.5) is 5.69 Å². The van der Waals surface area contributed by atoms with E-state index in [2.05, 4.69) is 15.9 Å². The number of amides is 1. The first kappa shape index (κ1) is 15.1. The molecule has 3 rings (SSSR count). The second-order valence-electron chi connectivity index (χ2n) is 5.45. The van der Waals surface area contributed by atoms with E-state index < -0.39 is 0 Å². The summed E-state index contributed by atoms with van der Waals surface area (Å²) in [4.78, 5) is 15.7. The number of phenols is 1. The molecule has 4 nitrogen and oxygen atoms in total. The number of quaternary nitrogens is 1. The molecule has 5 heteroatoms. The standard InChI is InChI=1S/C17H17BrN2O2/c18-14-3-1-13(2-4-14)17(22)20-11-9-19(10-12-20)15-5-7-16(21)8-6-15/h1-8,21H,9-12H2/p+1. The zero-order chi connectivity index (χ0) is 15.5. The Morgan fingerprint density at radius 2 is 1.59 bits per heavy atom. The van der Waals surface area contributed by atoms with Crippen LogP contribution in [0.5, 0.6) is 5.75 Å². The summed E-state index contributed by atoms with van der Waals surface area (Å²) < 4.78 is 0.977. The van der Waals surface area contributed by atoms with Crippen molar-refractivity contribution >= 4 is 27.5 Å². The van der Waals surface area contributed by atoms with Gasteiger partial charge in [0.25, 0.3) is 5.91 Å². The third kappa shape index (κ3) is 3.31. The molecule has 0 spiro atoms. The van der Waals surface area contributed by atoms with E-state index in [0.29, 0.717) is 0 Å². The van der Waals surface area contributed by atoms with E-state index in [9.17, 15) is 9.90 Å². The summed E-state index contributed by atoms with van der Waals surface area (Å²) in [5.74, 6) is 0.379. The van der Waals surface area contributed by atoms with Crippen LogP contribution in [0.25, 0.3) is 0 Å². The van der Waals surface area contributed by atoms with E-state index in [0.717, 1.165) is 41.9 Å². The van der Waals surface area contributed by atoms with Crippen molar-refractivity contribution in [2.45, 2.75) is 0 Å². The van der Waals surface area contributed by atoms with Crippen molar-refractivity contribution in [3.8, 4) is 5.75 Å². The maximum Gasteiger partial charge on any atom is 0.254 e. The molecule has 1 saturated heterocycles. The third-order valence-corrected chi connectivity index (χ3v) is 4.55. The maximum atomic E-state index is 12.5. The highest BCUT2D eigenvalue weighted by Gasteiger charge is 2.25. The average molecular weight is 362 g/mol. The van der Waals surface area contributed by atoms with Gasteiger partial charge in [0, 0.05) is 22.2 Å². The number of hydrogen-bond acceptors (Lipinski definition) is 2. The molecule has 1 amide bonds. The van der Waals surface area contributed by atoms with Gasteiger partial charge in [-0.2, -0.15) is 0 Å². The molecular weight excluding hydrogens is 344 g/mol. The molecule has 114 valence electrons. The van der Waals surface area contributed by atoms with Crippen molar-refractivity contribution in [2.75, 3.05) is 26.2 Å². The van der Waals surface area contributed by atoms with Crippen molar-refractivity contribution in [1.29, 1.82) is 0 Å². The minimum Gasteiger partial charge on any atom is -0.508 e. The van der Waals surface area contributed by atoms with Gasteiger partial charge in [-0.25, -0.2) is 0 Å². The zero-order valence-corrected chi connectivity index (χ0v) is 13.7. The van der Waals surface area contributed by atoms with Gasteiger partial charge in [-0.3, -0.25) is 9.69 Å². The van der Waals surface area contributed by atoms with Crippen molar-refractivity contribution in [3.63, 3.8) is 0 Å². The second-order valence-corrected chi connectivity index (χ2v) is 6.37. The van der Waals surface area contributed by atoms with Crippen molar-refractivity contribution in [1.82, 2.24) is 4.90 Å². The maximum absolute atomic E-state index is 12.5. The van der Waals surface area contributed by atoms with Crippen LogP contribution in [0, 0.1) is 0 Å². The monoisotopic (exact) mass is 361 g/mol. The fourth-order valence-electron chi connectivity index (χ4n) is 2.74. The Bertz CT molecular complexity index is 647. The summed E-state index contributed by atoms with van der Waals surface area (Å²) in [7, 11) is 0. The highest BCUT2D eigenvalue weighted by molar-refractivity contribution is 9.10. The van der Waals surface area contributed by atoms with Crippen LogP contribution in [0.15, 0.2) is 53.0 Å². The fraction of sp³-hybridized carbons (Fsp3) is 0.235. The number of piperazine rings is 1. The summed E-state index contributed by atoms with van der Waals surface area (Å²) in [5, 5.41) is 9.35. The lowest BCUT2D eigenvalue weighted by molar-refractivity contribution is -0.837. The summed E-state index contributed by atoms with van der Waals surface area (Å²) >= 11 is 3.38. The molecule has 1 aliphatic heterocycles. The number of halogens is 1. The molecule has 2 N–H and O–H groups in total. The van der Waals surface area contributed by atoms with Crippen LogP contribution in [-0.4, -0.2) is 42.1 Å². The quantitative estimate of drug-likeness (QED) is 0.801. The molecule has 0 atom stereocenters. The van der Waals surface area contributed by atoms with Crippen LogP contribution in [-0.2, 0) is 0 Å². The summed E-state index contributed by atoms with van der Waals surface area (Å²) in [6.07, 6.45) is 0. The molecule has 2 aromatic carbocycles. The molecule has 22 heavy (non-hydrogen) atoms. The number of carbonyl (C=O) groups excluding carboxylic acids is 1. The molecular formula is C17H18BrN2O2+. The van der Waals surface area contributed by atoms with Gasteiger partial charge in [0.1, 0.15) is 11.4 Å². The predicted octanol–water partition coefficient (Wildman–Crippen LogP) is 1.83. The van der Waals surface area contributed by atoms with Crippen molar-refractivity contribution < 1.29 is 14.8 Å². The smallest absolute Gasteiger partial charge is 0.254 e. The Labute approximate surface area is 138 Å². The first-order valence-corrected chi connectivity index (χ1v) is 8.12. The lowest BCUT2D eigenvalue weighted by atomic mass is 10.1. The van der Waals surface area contributed by atoms with E-state index in [1.165, 1.54) is 4.90 Å². The Morgan fingerprint density at radius 3 is 2.18 bits per heavy atom. The second kappa shape index (κ2) is 6.50. The number of carbonyl (C=O) groups is 1. The molecule has 0 aromatic heterocycles. The van der Waals surface area contributed by atoms with Gasteiger partial charge in [0.15, 0.2) is 0 Å². The first-order valence-electron chi connectivity index (χ1n) is 7.32. The number of aromatic hydroxyl groups is 1. The summed E-state index contributed by atoms with van der Waals surface area (Å²) in [6, 6.07) is 14.8. The normalized spacial score (nSPS) is 15.8. The van der Waals surface area contributed by atoms with Crippen LogP contribution in [0.3, 0.4) is 0 Å². The van der Waals surface area contributed by atoms with Crippen molar-refractivity contribution in [2.24, 2.45) is 0 Å². The van der Waals surface area contributed by atoms with Crippen LogP contribution in [0.2, 0.25) is 0 Å². The van der Waals surface area contributed by atoms with E-state index in [1.54, 1.807) is 12.1 Å². The minimum absolute atomic E-state index is 0.0947. The van der Waals surface area contributed by atoms with E-state index >= 15 is 0 Å². The number of nitrogens with one attached hydrogen (secondary N) is 1. The Balaban J connectivity index is 1.62. The van der Waals surface area contributed by atoms with E-state index in [-0.39, 0.29) is 11.7 Å². The zero-order valence-electron chi connectivity index (χ0n) is 12.1. The summed E-state index contributed by atoms with van der Waals surface area (Å²) in [5.41, 5.74) is 1.89. The molecule has 0 radical (unpaired) electrons. The van der Waals surface area contributed by atoms with Gasteiger partial charge in [0.05, 0.1) is 26.2 Å². The fourth-order valence-corrected chi connectivity index (χ4v) is 3.00. The molecule has 2 aromatic rings. The molecule has 1 aliphatic rings. The highest BCUT2D eigenvalue weighted by Crippen LogP contribution is 2.13. The van der Waals surface area contributed by atoms with E-state index in [1.807, 2.05) is 41.3 Å². The molecule has 0 unspecified atom stereocenters. The largest absolute Gasteiger partial charge is 0.508 e. The van der Waals surface area contributed by atoms with Crippen molar-refractivity contribution in [3.05, 3.63) is 58.6 Å². The van der Waals surface area contributed by atoms with Crippen LogP contribution >= 0.6 is 15.9 Å². The minimum atomic E-state index is 0.0947. The molecule has 1 fully saturated rings. The van der Waals surface area contributed by atoms with Gasteiger partial charge < -0.3 is 10.0 Å². The van der Waals surface area contributed by atoms with Gasteiger partial charge in [0.2, 0.25) is 0 Å². The van der Waals surface area contributed by atoms with Gasteiger partial charge in [-0.05, 0) is 36.4 Å². The predicted molar refractivity (Wildman–Crippen MR) is 88.5 cm³/mol. The first-order chi connectivity index (χ1) is 10.6. The number of nitrogens with zero attached hydrogens (tertiary/aromatic N) is 1. The Kier molecular flexibility index (Phi) is 4.45. The molecule has 0 aliphatic carbocycles. The number of rotatable bonds is 2. The molecule has 1 heterocycles. The molecule has 0 saturated carbocycles. The Morgan fingerprint density at radius 1 is 1.00 bits per heavy atom. The van der Waals surface area contributed by atoms with Crippen LogP contribution in [0.1, 0.15) is 10.4 Å². The number of phenolic OH excluding ortho intramolecular Hbond substituents is 1. The van der Waals surface area contributed by atoms with E-state index in [4.69, 9.17) is 0 Å². The topological polar surface area (TPSA) is 45.0 Å². The highest BCUT2D eigenvalue weighted by atomic mass is 79.9. The Hall–Kier alpha value is -1.85.